The van der Waals surface area contributed by atoms with E-state index in [0.717, 1.165) is 35.5 Å². The molecule has 6 aliphatic carbocycles. The van der Waals surface area contributed by atoms with Crippen molar-refractivity contribution in [1.29, 1.82) is 0 Å². The van der Waals surface area contributed by atoms with E-state index in [1.807, 2.05) is 0 Å². The van der Waals surface area contributed by atoms with E-state index < -0.39 is 8.07 Å². The molecule has 6 rings (SSSR count). The van der Waals surface area contributed by atoms with Gasteiger partial charge in [-0.3, -0.25) is 0 Å². The van der Waals surface area contributed by atoms with Crippen LogP contribution in [0.2, 0.25) is 24.2 Å². The van der Waals surface area contributed by atoms with Gasteiger partial charge in [-0.15, -0.1) is 0 Å². The van der Waals surface area contributed by atoms with Gasteiger partial charge in [0.2, 0.25) is 0 Å². The molecule has 0 bridgehead atoms. The molecule has 0 spiro atoms. The van der Waals surface area contributed by atoms with Gasteiger partial charge in [0.25, 0.3) is 0 Å². The van der Waals surface area contributed by atoms with Crippen molar-refractivity contribution in [2.24, 2.45) is 47.3 Å². The highest BCUT2D eigenvalue weighted by Gasteiger charge is 2.57. The average Bonchev–Trinajstić information content (AvgIpc) is 3.39. The quantitative estimate of drug-likeness (QED) is 0.398. The molecule has 10 unspecified atom stereocenters. The maximum absolute atomic E-state index is 2.91. The van der Waals surface area contributed by atoms with Gasteiger partial charge in [-0.1, -0.05) is 64.5 Å². The summed E-state index contributed by atoms with van der Waals surface area (Å²) in [6.07, 6.45) is 25.7. The van der Waals surface area contributed by atoms with Crippen LogP contribution >= 0.6 is 0 Å². The molecule has 0 aliphatic heterocycles. The molecule has 0 amide bonds. The zero-order valence-electron chi connectivity index (χ0n) is 19.6. The highest BCUT2D eigenvalue weighted by Crippen LogP contribution is 2.65. The molecule has 29 heavy (non-hydrogen) atoms. The average molecular weight is 413 g/mol. The molecular weight excluding hydrogens is 364 g/mol. The molecule has 1 heteroatoms. The Balaban J connectivity index is 1.20. The van der Waals surface area contributed by atoms with Crippen LogP contribution in [0.4, 0.5) is 0 Å². The van der Waals surface area contributed by atoms with Crippen LogP contribution in [0, 0.1) is 47.3 Å². The molecule has 10 atom stereocenters. The Morgan fingerprint density at radius 1 is 0.379 bits per heavy atom. The molecule has 6 fully saturated rings. The van der Waals surface area contributed by atoms with E-state index in [0.29, 0.717) is 0 Å². The number of rotatable bonds is 2. The zero-order chi connectivity index (χ0) is 19.6. The van der Waals surface area contributed by atoms with Crippen LogP contribution in [0.5, 0.6) is 0 Å². The summed E-state index contributed by atoms with van der Waals surface area (Å²) in [7, 11) is -1.17. The lowest BCUT2D eigenvalue weighted by molar-refractivity contribution is 0.0688. The maximum Gasteiger partial charge on any atom is 0.0541 e. The number of hydrogen-bond donors (Lipinski definition) is 0. The summed E-state index contributed by atoms with van der Waals surface area (Å²) in [4.78, 5) is 0. The van der Waals surface area contributed by atoms with Gasteiger partial charge >= 0.3 is 0 Å². The lowest BCUT2D eigenvalue weighted by Gasteiger charge is -2.50. The first-order chi connectivity index (χ1) is 14.1. The van der Waals surface area contributed by atoms with E-state index in [9.17, 15) is 0 Å². The van der Waals surface area contributed by atoms with Crippen LogP contribution in [0.15, 0.2) is 0 Å². The van der Waals surface area contributed by atoms with Crippen molar-refractivity contribution < 1.29 is 0 Å². The van der Waals surface area contributed by atoms with Gasteiger partial charge in [0, 0.05) is 0 Å². The third-order valence-electron chi connectivity index (χ3n) is 12.4. The second kappa shape index (κ2) is 7.67. The van der Waals surface area contributed by atoms with E-state index in [4.69, 9.17) is 0 Å². The van der Waals surface area contributed by atoms with E-state index in [2.05, 4.69) is 13.1 Å². The molecule has 0 N–H and O–H groups in total. The minimum atomic E-state index is -1.17. The summed E-state index contributed by atoms with van der Waals surface area (Å²) in [6.45, 7) is 5.82. The fraction of sp³-hybridized carbons (Fsp3) is 1.00. The van der Waals surface area contributed by atoms with E-state index in [1.54, 1.807) is 103 Å². The molecule has 0 aromatic heterocycles. The van der Waals surface area contributed by atoms with Crippen molar-refractivity contribution in [2.45, 2.75) is 127 Å². The van der Waals surface area contributed by atoms with Crippen molar-refractivity contribution in [2.75, 3.05) is 0 Å². The first kappa shape index (κ1) is 19.9. The van der Waals surface area contributed by atoms with Gasteiger partial charge in [-0.2, -0.15) is 0 Å². The zero-order valence-corrected chi connectivity index (χ0v) is 20.6. The fourth-order valence-electron chi connectivity index (χ4n) is 11.3. The van der Waals surface area contributed by atoms with Gasteiger partial charge in [-0.05, 0) is 110 Å². The largest absolute Gasteiger partial charge is 0.0689 e. The van der Waals surface area contributed by atoms with Crippen LogP contribution in [0.1, 0.15) is 103 Å². The van der Waals surface area contributed by atoms with Crippen molar-refractivity contribution in [3.8, 4) is 0 Å². The van der Waals surface area contributed by atoms with Crippen LogP contribution < -0.4 is 0 Å². The maximum atomic E-state index is 2.91. The van der Waals surface area contributed by atoms with Crippen molar-refractivity contribution in [1.82, 2.24) is 0 Å². The summed E-state index contributed by atoms with van der Waals surface area (Å²) < 4.78 is 0. The number of fused-ring (bicyclic) bond motifs is 6. The normalized spacial score (nSPS) is 52.3. The molecule has 6 saturated carbocycles. The molecule has 0 saturated heterocycles. The Hall–Kier alpha value is 0.217. The molecule has 0 heterocycles. The predicted octanol–water partition coefficient (Wildman–Crippen LogP) is 8.69. The highest BCUT2D eigenvalue weighted by atomic mass is 28.3. The summed E-state index contributed by atoms with van der Waals surface area (Å²) in [5.41, 5.74) is 2.39. The van der Waals surface area contributed by atoms with Crippen LogP contribution in [-0.4, -0.2) is 8.07 Å². The second-order valence-corrected chi connectivity index (χ2v) is 18.5. The third-order valence-corrected chi connectivity index (χ3v) is 17.7. The Kier molecular flexibility index (Phi) is 5.25. The highest BCUT2D eigenvalue weighted by molar-refractivity contribution is 6.80. The van der Waals surface area contributed by atoms with Crippen molar-refractivity contribution in [3.05, 3.63) is 0 Å². The minimum Gasteiger partial charge on any atom is -0.0689 e. The lowest BCUT2D eigenvalue weighted by atomic mass is 9.62. The summed E-state index contributed by atoms with van der Waals surface area (Å²) in [6, 6.07) is 0. The van der Waals surface area contributed by atoms with Gasteiger partial charge in [0.05, 0.1) is 8.07 Å². The number of hydrogen-bond acceptors (Lipinski definition) is 0. The summed E-state index contributed by atoms with van der Waals surface area (Å²) >= 11 is 0. The smallest absolute Gasteiger partial charge is 0.0541 e. The second-order valence-electron chi connectivity index (χ2n) is 13.4. The first-order valence-electron chi connectivity index (χ1n) is 14.1. The Labute approximate surface area is 182 Å². The standard InChI is InChI=1S/C28H48Si/c1-29(2,27-17-15-23-21-9-5-3-7-19(21)11-13-25(23)27)28-18-16-24-22-10-6-4-8-20(22)12-14-26(24)28/h19-28H,3-18H2,1-2H3. The monoisotopic (exact) mass is 412 g/mol. The summed E-state index contributed by atoms with van der Waals surface area (Å²) in [5, 5.41) is 0. The van der Waals surface area contributed by atoms with Crippen LogP contribution in [0.3, 0.4) is 0 Å². The predicted molar refractivity (Wildman–Crippen MR) is 127 cm³/mol. The van der Waals surface area contributed by atoms with Crippen LogP contribution in [0.25, 0.3) is 0 Å². The van der Waals surface area contributed by atoms with E-state index >= 15 is 0 Å². The van der Waals surface area contributed by atoms with E-state index in [-0.39, 0.29) is 0 Å². The lowest BCUT2D eigenvalue weighted by Crippen LogP contribution is -2.46. The Bertz CT molecular complexity index is 545. The van der Waals surface area contributed by atoms with E-state index in [1.165, 1.54) is 22.9 Å². The molecule has 0 radical (unpaired) electrons. The van der Waals surface area contributed by atoms with Crippen molar-refractivity contribution in [3.63, 3.8) is 0 Å². The van der Waals surface area contributed by atoms with Gasteiger partial charge in [-0.25, -0.2) is 0 Å². The SMILES string of the molecule is C[Si](C)(C1CCC2C3CCCCC3CCC21)C1CCC2C3CCCCC3CCC21. The first-order valence-corrected chi connectivity index (χ1v) is 17.3. The summed E-state index contributed by atoms with van der Waals surface area (Å²) in [5.74, 6) is 9.27. The molecule has 164 valence electrons. The van der Waals surface area contributed by atoms with Gasteiger partial charge in [0.15, 0.2) is 0 Å². The topological polar surface area (TPSA) is 0 Å². The van der Waals surface area contributed by atoms with Gasteiger partial charge in [0.1, 0.15) is 0 Å². The molecular formula is C28H48Si. The molecule has 0 nitrogen and oxygen atoms in total. The minimum absolute atomic E-state index is 1.14. The third kappa shape index (κ3) is 3.17. The molecule has 0 aromatic rings. The van der Waals surface area contributed by atoms with Crippen LogP contribution in [-0.2, 0) is 0 Å². The molecule has 0 aromatic carbocycles. The van der Waals surface area contributed by atoms with Gasteiger partial charge < -0.3 is 0 Å². The Morgan fingerprint density at radius 2 is 0.793 bits per heavy atom. The fourth-order valence-corrected chi connectivity index (χ4v) is 16.7. The van der Waals surface area contributed by atoms with Crippen molar-refractivity contribution >= 4 is 8.07 Å². The Morgan fingerprint density at radius 3 is 1.28 bits per heavy atom. The molecule has 6 aliphatic rings.